The van der Waals surface area contributed by atoms with Crippen molar-refractivity contribution in [1.82, 2.24) is 0 Å². The molecule has 0 bridgehead atoms. The summed E-state index contributed by atoms with van der Waals surface area (Å²) in [6.07, 6.45) is 0. The van der Waals surface area contributed by atoms with E-state index in [4.69, 9.17) is 0 Å². The quantitative estimate of drug-likeness (QED) is 0.262. The maximum absolute atomic E-state index is 2.46. The normalized spacial score (nSPS) is 10.9. The Balaban J connectivity index is 0.00000240. The first-order chi connectivity index (χ1) is 13.8. The van der Waals surface area contributed by atoms with Gasteiger partial charge in [0.2, 0.25) is 0 Å². The largest absolute Gasteiger partial charge is 0.0622 e. The van der Waals surface area contributed by atoms with E-state index < -0.39 is 15.8 Å². The molecule has 0 spiro atoms. The van der Waals surface area contributed by atoms with Crippen LogP contribution in [-0.4, -0.2) is 5.40 Å². The van der Waals surface area contributed by atoms with Gasteiger partial charge in [-0.2, -0.15) is 0 Å². The predicted octanol–water partition coefficient (Wildman–Crippen LogP) is 5.60. The zero-order valence-corrected chi connectivity index (χ0v) is 19.1. The van der Waals surface area contributed by atoms with Gasteiger partial charge in [-0.1, -0.05) is 128 Å². The summed E-state index contributed by atoms with van der Waals surface area (Å²) in [4.78, 5) is 0. The predicted molar refractivity (Wildman–Crippen MR) is 128 cm³/mol. The van der Waals surface area contributed by atoms with Crippen molar-refractivity contribution in [2.45, 2.75) is 12.3 Å². The van der Waals surface area contributed by atoms with Crippen LogP contribution in [-0.2, 0) is 16.5 Å². The van der Waals surface area contributed by atoms with Gasteiger partial charge in [0, 0.05) is 21.9 Å². The molecule has 0 nitrogen and oxygen atoms in total. The number of hydrogen-bond acceptors (Lipinski definition) is 0. The van der Waals surface area contributed by atoms with E-state index in [9.17, 15) is 0 Å². The Labute approximate surface area is 186 Å². The van der Waals surface area contributed by atoms with Crippen molar-refractivity contribution in [3.63, 3.8) is 0 Å². The average molecular weight is 457 g/mol. The van der Waals surface area contributed by atoms with E-state index in [0.29, 0.717) is 5.40 Å². The smallest absolute Gasteiger partial charge is 0.0126 e. The van der Waals surface area contributed by atoms with Crippen LogP contribution in [0.15, 0.2) is 121 Å². The third-order valence-corrected chi connectivity index (χ3v) is 11.2. The van der Waals surface area contributed by atoms with Crippen LogP contribution < -0.4 is 21.2 Å². The Morgan fingerprint density at radius 3 is 0.828 bits per heavy atom. The van der Waals surface area contributed by atoms with Gasteiger partial charge < -0.3 is 0 Å². The zero-order chi connectivity index (χ0) is 19.2. The Morgan fingerprint density at radius 1 is 0.414 bits per heavy atom. The molecule has 0 fully saturated rings. The second kappa shape index (κ2) is 10.9. The molecule has 148 valence electrons. The molecule has 4 aromatic rings. The minimum absolute atomic E-state index is 0. The van der Waals surface area contributed by atoms with Gasteiger partial charge in [0.1, 0.15) is 0 Å². The van der Waals surface area contributed by atoms with E-state index in [1.165, 1.54) is 21.2 Å². The van der Waals surface area contributed by atoms with Crippen LogP contribution in [0, 0.1) is 0 Å². The fourth-order valence-corrected chi connectivity index (χ4v) is 10.5. The molecule has 0 heterocycles. The monoisotopic (exact) mass is 456 g/mol. The third kappa shape index (κ3) is 5.24. The van der Waals surface area contributed by atoms with Crippen molar-refractivity contribution in [3.05, 3.63) is 121 Å². The summed E-state index contributed by atoms with van der Waals surface area (Å²) in [6.45, 7) is 2.46. The van der Waals surface area contributed by atoms with Crippen LogP contribution >= 0.6 is 15.8 Å². The van der Waals surface area contributed by atoms with Crippen LogP contribution in [0.5, 0.6) is 0 Å². The second-order valence-corrected chi connectivity index (χ2v) is 12.2. The van der Waals surface area contributed by atoms with Gasteiger partial charge in [0.25, 0.3) is 0 Å². The molecule has 0 saturated heterocycles. The molecule has 0 aromatic heterocycles. The van der Waals surface area contributed by atoms with Gasteiger partial charge in [-0.15, -0.1) is 0 Å². The molecule has 0 radical (unpaired) electrons. The number of hydrogen-bond donors (Lipinski definition) is 0. The van der Waals surface area contributed by atoms with Gasteiger partial charge in [-0.05, 0) is 37.1 Å². The molecule has 0 atom stereocenters. The van der Waals surface area contributed by atoms with Gasteiger partial charge in [-0.25, -0.2) is 0 Å². The van der Waals surface area contributed by atoms with E-state index in [1.54, 1.807) is 0 Å². The number of rotatable bonds is 6. The molecular formula is C26H24NiP2. The van der Waals surface area contributed by atoms with Gasteiger partial charge in [-0.3, -0.25) is 0 Å². The minimum atomic E-state index is -0.470. The van der Waals surface area contributed by atoms with Crippen LogP contribution in [0.4, 0.5) is 0 Å². The standard InChI is InChI=1S/C26H24P2.Ni/c1-22(27(23-14-6-2-7-15-23)24-16-8-3-9-17-24)28(25-18-10-4-11-19-25)26-20-12-5-13-21-26;/h2-22H,1H3;. The molecule has 0 unspecified atom stereocenters. The van der Waals surface area contributed by atoms with Gasteiger partial charge in [0.15, 0.2) is 0 Å². The van der Waals surface area contributed by atoms with Crippen molar-refractivity contribution < 1.29 is 16.5 Å². The fourth-order valence-electron chi connectivity index (χ4n) is 3.63. The van der Waals surface area contributed by atoms with Gasteiger partial charge >= 0.3 is 0 Å². The van der Waals surface area contributed by atoms with E-state index in [0.717, 1.165) is 0 Å². The first-order valence-electron chi connectivity index (χ1n) is 9.63. The summed E-state index contributed by atoms with van der Waals surface area (Å²) in [5.41, 5.74) is 0. The van der Waals surface area contributed by atoms with Crippen molar-refractivity contribution in [2.24, 2.45) is 0 Å². The van der Waals surface area contributed by atoms with Crippen molar-refractivity contribution in [2.75, 3.05) is 0 Å². The van der Waals surface area contributed by atoms with E-state index in [-0.39, 0.29) is 16.5 Å². The Hall–Kier alpha value is -1.77. The van der Waals surface area contributed by atoms with Crippen LogP contribution in [0.1, 0.15) is 6.92 Å². The summed E-state index contributed by atoms with van der Waals surface area (Å²) in [7, 11) is -0.940. The van der Waals surface area contributed by atoms with E-state index in [2.05, 4.69) is 128 Å². The van der Waals surface area contributed by atoms with Crippen molar-refractivity contribution in [3.8, 4) is 0 Å². The Morgan fingerprint density at radius 2 is 0.621 bits per heavy atom. The molecule has 0 aliphatic carbocycles. The molecule has 29 heavy (non-hydrogen) atoms. The van der Waals surface area contributed by atoms with Crippen LogP contribution in [0.3, 0.4) is 0 Å². The molecule has 0 N–H and O–H groups in total. The summed E-state index contributed by atoms with van der Waals surface area (Å²) >= 11 is 0. The van der Waals surface area contributed by atoms with Gasteiger partial charge in [0.05, 0.1) is 0 Å². The summed E-state index contributed by atoms with van der Waals surface area (Å²) in [5.74, 6) is 0. The fraction of sp³-hybridized carbons (Fsp3) is 0.0769. The molecule has 0 aliphatic rings. The molecule has 4 aromatic carbocycles. The summed E-state index contributed by atoms with van der Waals surface area (Å²) in [6, 6.07) is 44.3. The first kappa shape index (κ1) is 21.9. The second-order valence-electron chi connectivity index (χ2n) is 6.71. The minimum Gasteiger partial charge on any atom is -0.0622 e. The van der Waals surface area contributed by atoms with E-state index in [1.807, 2.05) is 0 Å². The SMILES string of the molecule is CC(P(c1ccccc1)c1ccccc1)P(c1ccccc1)c1ccccc1.[Ni]. The Bertz CT molecular complexity index is 814. The number of benzene rings is 4. The van der Waals surface area contributed by atoms with Crippen molar-refractivity contribution in [1.29, 1.82) is 0 Å². The summed E-state index contributed by atoms with van der Waals surface area (Å²) < 4.78 is 0. The van der Waals surface area contributed by atoms with Crippen LogP contribution in [0.25, 0.3) is 0 Å². The Kier molecular flexibility index (Phi) is 8.21. The molecular weight excluding hydrogens is 433 g/mol. The van der Waals surface area contributed by atoms with Crippen LogP contribution in [0.2, 0.25) is 0 Å². The topological polar surface area (TPSA) is 0 Å². The maximum Gasteiger partial charge on any atom is 0.0126 e. The molecule has 0 aliphatic heterocycles. The first-order valence-corrected chi connectivity index (χ1v) is 12.5. The van der Waals surface area contributed by atoms with Crippen molar-refractivity contribution >= 4 is 37.1 Å². The zero-order valence-electron chi connectivity index (χ0n) is 16.3. The average Bonchev–Trinajstić information content (AvgIpc) is 2.77. The molecule has 4 rings (SSSR count). The molecule has 3 heteroatoms. The third-order valence-electron chi connectivity index (χ3n) is 4.88. The van der Waals surface area contributed by atoms with E-state index >= 15 is 0 Å². The maximum atomic E-state index is 2.46. The molecule has 0 saturated carbocycles. The molecule has 0 amide bonds. The summed E-state index contributed by atoms with van der Waals surface area (Å²) in [5, 5.41) is 6.34.